The van der Waals surface area contributed by atoms with E-state index in [2.05, 4.69) is 65.8 Å². The lowest BCUT2D eigenvalue weighted by molar-refractivity contribution is 0.317. The fourth-order valence-corrected chi connectivity index (χ4v) is 3.30. The molecule has 0 saturated carbocycles. The molecule has 0 aliphatic rings. The molecule has 0 bridgehead atoms. The summed E-state index contributed by atoms with van der Waals surface area (Å²) < 4.78 is 5.90. The van der Waals surface area contributed by atoms with Crippen LogP contribution in [-0.4, -0.2) is 31.1 Å². The van der Waals surface area contributed by atoms with Crippen molar-refractivity contribution < 1.29 is 4.74 Å². The molecule has 1 heterocycles. The van der Waals surface area contributed by atoms with Gasteiger partial charge >= 0.3 is 0 Å². The monoisotopic (exact) mass is 488 g/mol. The Bertz CT molecular complexity index is 695. The Balaban J connectivity index is 0.00000338. The number of hydrogen-bond acceptors (Lipinski definition) is 4. The van der Waals surface area contributed by atoms with Crippen molar-refractivity contribution in [3.8, 4) is 5.75 Å². The van der Waals surface area contributed by atoms with Crippen LogP contribution in [0.2, 0.25) is 0 Å². The van der Waals surface area contributed by atoms with Crippen molar-refractivity contribution in [1.29, 1.82) is 0 Å². The quantitative estimate of drug-likeness (QED) is 0.265. The van der Waals surface area contributed by atoms with Gasteiger partial charge in [0.2, 0.25) is 0 Å². The van der Waals surface area contributed by atoms with Crippen LogP contribution in [0.15, 0.2) is 28.6 Å². The molecule has 0 aliphatic carbocycles. The Hall–Kier alpha value is -1.35. The average molecular weight is 488 g/mol. The van der Waals surface area contributed by atoms with E-state index in [0.717, 1.165) is 33.5 Å². The molecule has 2 N–H and O–H groups in total. The molecule has 0 fully saturated rings. The molecule has 2 aromatic rings. The van der Waals surface area contributed by atoms with Crippen LogP contribution < -0.4 is 15.4 Å². The lowest BCUT2D eigenvalue weighted by Crippen LogP contribution is -2.38. The van der Waals surface area contributed by atoms with E-state index < -0.39 is 0 Å². The first-order valence-corrected chi connectivity index (χ1v) is 9.47. The number of aromatic nitrogens is 1. The molecule has 7 heteroatoms. The van der Waals surface area contributed by atoms with E-state index in [1.54, 1.807) is 18.4 Å². The minimum atomic E-state index is 0. The number of hydrogen-bond donors (Lipinski definition) is 2. The molecule has 0 aliphatic heterocycles. The molecule has 0 atom stereocenters. The number of nitrogens with zero attached hydrogens (tertiary/aromatic N) is 2. The number of rotatable bonds is 7. The number of aryl methyl sites for hydroxylation is 2. The third-order valence-electron chi connectivity index (χ3n) is 3.84. The molecule has 0 amide bonds. The number of thiazole rings is 1. The number of halogens is 1. The fourth-order valence-electron chi connectivity index (χ4n) is 2.40. The molecule has 0 saturated heterocycles. The van der Waals surface area contributed by atoms with Crippen LogP contribution in [0, 0.1) is 13.8 Å². The molecule has 1 aromatic heterocycles. The van der Waals surface area contributed by atoms with Gasteiger partial charge in [-0.15, -0.1) is 35.3 Å². The van der Waals surface area contributed by atoms with Gasteiger partial charge in [0.05, 0.1) is 18.8 Å². The van der Waals surface area contributed by atoms with Crippen LogP contribution in [0.4, 0.5) is 0 Å². The highest BCUT2D eigenvalue weighted by atomic mass is 127. The highest BCUT2D eigenvalue weighted by molar-refractivity contribution is 14.0. The summed E-state index contributed by atoms with van der Waals surface area (Å²) in [5.74, 6) is 2.19. The van der Waals surface area contributed by atoms with Crippen molar-refractivity contribution in [2.24, 2.45) is 4.99 Å². The van der Waals surface area contributed by atoms with Crippen LogP contribution in [0.3, 0.4) is 0 Å². The summed E-state index contributed by atoms with van der Waals surface area (Å²) in [6.07, 6.45) is 0. The third kappa shape index (κ3) is 6.75. The molecule has 0 unspecified atom stereocenters. The average Bonchev–Trinajstić information content (AvgIpc) is 3.05. The van der Waals surface area contributed by atoms with Gasteiger partial charge in [0.25, 0.3) is 0 Å². The maximum atomic E-state index is 5.90. The zero-order valence-corrected chi connectivity index (χ0v) is 19.3. The molecule has 0 spiro atoms. The van der Waals surface area contributed by atoms with E-state index in [1.165, 1.54) is 0 Å². The van der Waals surface area contributed by atoms with E-state index >= 15 is 0 Å². The van der Waals surface area contributed by atoms with Gasteiger partial charge in [-0.25, -0.2) is 4.98 Å². The Kier molecular flexibility index (Phi) is 9.93. The molecule has 2 rings (SSSR count). The Labute approximate surface area is 177 Å². The zero-order chi connectivity index (χ0) is 18.2. The SMILES string of the molecule is CN=C(NCCOc1c(C)cccc1C)NCc1nc(C(C)C)cs1.I. The molecular weight excluding hydrogens is 459 g/mol. The number of aliphatic imine (C=N–C) groups is 1. The Morgan fingerprint density at radius 1 is 1.23 bits per heavy atom. The van der Waals surface area contributed by atoms with Crippen molar-refractivity contribution >= 4 is 41.3 Å². The standard InChI is InChI=1S/C19H28N4OS.HI/c1-13(2)16-12-25-17(23-16)11-22-19(20-5)21-9-10-24-18-14(3)7-6-8-15(18)4;/h6-8,12-13H,9-11H2,1-5H3,(H2,20,21,22);1H. The van der Waals surface area contributed by atoms with E-state index in [0.29, 0.717) is 25.6 Å². The van der Waals surface area contributed by atoms with Gasteiger partial charge < -0.3 is 15.4 Å². The second-order valence-corrected chi connectivity index (χ2v) is 7.19. The van der Waals surface area contributed by atoms with Gasteiger partial charge in [0.1, 0.15) is 17.4 Å². The molecule has 26 heavy (non-hydrogen) atoms. The van der Waals surface area contributed by atoms with E-state index in [4.69, 9.17) is 4.74 Å². The molecule has 144 valence electrons. The van der Waals surface area contributed by atoms with Crippen LogP contribution in [0.5, 0.6) is 5.75 Å². The maximum Gasteiger partial charge on any atom is 0.191 e. The Morgan fingerprint density at radius 3 is 2.50 bits per heavy atom. The van der Waals surface area contributed by atoms with Crippen LogP contribution in [0.1, 0.15) is 41.6 Å². The van der Waals surface area contributed by atoms with Gasteiger partial charge in [-0.1, -0.05) is 32.0 Å². The number of ether oxygens (including phenoxy) is 1. The summed E-state index contributed by atoms with van der Waals surface area (Å²) >= 11 is 1.68. The second-order valence-electron chi connectivity index (χ2n) is 6.24. The summed E-state index contributed by atoms with van der Waals surface area (Å²) in [6.45, 7) is 10.4. The fraction of sp³-hybridized carbons (Fsp3) is 0.474. The number of guanidine groups is 1. The van der Waals surface area contributed by atoms with Crippen molar-refractivity contribution in [2.45, 2.75) is 40.2 Å². The Morgan fingerprint density at radius 2 is 1.92 bits per heavy atom. The first kappa shape index (κ1) is 22.7. The van der Waals surface area contributed by atoms with E-state index in [1.807, 2.05) is 6.07 Å². The van der Waals surface area contributed by atoms with Crippen molar-refractivity contribution in [3.63, 3.8) is 0 Å². The van der Waals surface area contributed by atoms with Gasteiger partial charge in [-0.05, 0) is 30.9 Å². The van der Waals surface area contributed by atoms with Crippen LogP contribution >= 0.6 is 35.3 Å². The molecule has 5 nitrogen and oxygen atoms in total. The molecular formula is C19H29IN4OS. The number of benzene rings is 1. The minimum Gasteiger partial charge on any atom is -0.491 e. The summed E-state index contributed by atoms with van der Waals surface area (Å²) in [6, 6.07) is 6.18. The highest BCUT2D eigenvalue weighted by Gasteiger charge is 2.07. The first-order valence-electron chi connectivity index (χ1n) is 8.59. The predicted molar refractivity (Wildman–Crippen MR) is 121 cm³/mol. The smallest absolute Gasteiger partial charge is 0.191 e. The van der Waals surface area contributed by atoms with Crippen LogP contribution in [-0.2, 0) is 6.54 Å². The van der Waals surface area contributed by atoms with E-state index in [9.17, 15) is 0 Å². The van der Waals surface area contributed by atoms with Crippen molar-refractivity contribution in [3.05, 3.63) is 45.4 Å². The van der Waals surface area contributed by atoms with Gasteiger partial charge in [-0.3, -0.25) is 4.99 Å². The number of para-hydroxylation sites is 1. The molecule has 1 aromatic carbocycles. The topological polar surface area (TPSA) is 58.5 Å². The first-order chi connectivity index (χ1) is 12.0. The van der Waals surface area contributed by atoms with Gasteiger partial charge in [0, 0.05) is 12.4 Å². The lowest BCUT2D eigenvalue weighted by Gasteiger charge is -2.14. The van der Waals surface area contributed by atoms with Crippen LogP contribution in [0.25, 0.3) is 0 Å². The summed E-state index contributed by atoms with van der Waals surface area (Å²) in [5.41, 5.74) is 3.46. The number of nitrogens with one attached hydrogen (secondary N) is 2. The molecule has 0 radical (unpaired) electrons. The second kappa shape index (κ2) is 11.4. The summed E-state index contributed by atoms with van der Waals surface area (Å²) in [7, 11) is 1.77. The van der Waals surface area contributed by atoms with Crippen molar-refractivity contribution in [1.82, 2.24) is 15.6 Å². The highest BCUT2D eigenvalue weighted by Crippen LogP contribution is 2.22. The van der Waals surface area contributed by atoms with Crippen molar-refractivity contribution in [2.75, 3.05) is 20.2 Å². The van der Waals surface area contributed by atoms with Gasteiger partial charge in [0.15, 0.2) is 5.96 Å². The van der Waals surface area contributed by atoms with E-state index in [-0.39, 0.29) is 24.0 Å². The third-order valence-corrected chi connectivity index (χ3v) is 4.71. The predicted octanol–water partition coefficient (Wildman–Crippen LogP) is 4.25. The summed E-state index contributed by atoms with van der Waals surface area (Å²) in [5, 5.41) is 9.75. The zero-order valence-electron chi connectivity index (χ0n) is 16.1. The minimum absolute atomic E-state index is 0. The maximum absolute atomic E-state index is 5.90. The summed E-state index contributed by atoms with van der Waals surface area (Å²) in [4.78, 5) is 8.86. The van der Waals surface area contributed by atoms with Gasteiger partial charge in [-0.2, -0.15) is 0 Å². The largest absolute Gasteiger partial charge is 0.491 e. The lowest BCUT2D eigenvalue weighted by atomic mass is 10.1. The normalized spacial score (nSPS) is 11.2.